The molecule has 2 aromatic rings. The van der Waals surface area contributed by atoms with E-state index < -0.39 is 23.7 Å². The number of aliphatic carboxylic acids is 1. The van der Waals surface area contributed by atoms with Crippen molar-refractivity contribution in [2.24, 2.45) is 0 Å². The van der Waals surface area contributed by atoms with E-state index in [9.17, 15) is 14.0 Å². The molecule has 21 heavy (non-hydrogen) atoms. The van der Waals surface area contributed by atoms with E-state index in [1.165, 1.54) is 18.6 Å². The minimum atomic E-state index is -1.17. The largest absolute Gasteiger partial charge is 0.480 e. The van der Waals surface area contributed by atoms with Gasteiger partial charge in [0.05, 0.1) is 11.9 Å². The number of hydrogen-bond acceptors (Lipinski definition) is 3. The van der Waals surface area contributed by atoms with Gasteiger partial charge in [-0.25, -0.2) is 14.2 Å². The number of aromatic amines is 1. The molecule has 0 radical (unpaired) electrons. The summed E-state index contributed by atoms with van der Waals surface area (Å²) in [5.74, 6) is -2.27. The molecule has 0 aliphatic carbocycles. The third-order valence-electron chi connectivity index (χ3n) is 2.76. The second-order valence-electron chi connectivity index (χ2n) is 4.27. The maximum Gasteiger partial charge on any atom is 0.326 e. The summed E-state index contributed by atoms with van der Waals surface area (Å²) in [5, 5.41) is 11.6. The number of aromatic nitrogens is 2. The zero-order chi connectivity index (χ0) is 15.4. The molecular formula is C13H11BrFN3O3. The number of carboxylic acid groups (broad SMARTS) is 1. The minimum absolute atomic E-state index is 0.0693. The van der Waals surface area contributed by atoms with Crippen molar-refractivity contribution in [3.63, 3.8) is 0 Å². The SMILES string of the molecule is O=C(NC(Cc1cnc[nH]1)C(=O)O)c1ccc(F)cc1Br. The van der Waals surface area contributed by atoms with Crippen LogP contribution in [-0.2, 0) is 11.2 Å². The van der Waals surface area contributed by atoms with Crippen LogP contribution in [0, 0.1) is 5.82 Å². The molecule has 6 nitrogen and oxygen atoms in total. The van der Waals surface area contributed by atoms with Gasteiger partial charge in [-0.15, -0.1) is 0 Å². The lowest BCUT2D eigenvalue weighted by molar-refractivity contribution is -0.139. The molecule has 110 valence electrons. The van der Waals surface area contributed by atoms with E-state index >= 15 is 0 Å². The fourth-order valence-corrected chi connectivity index (χ4v) is 2.26. The molecule has 0 saturated carbocycles. The first-order valence-electron chi connectivity index (χ1n) is 5.93. The van der Waals surface area contributed by atoms with E-state index in [2.05, 4.69) is 31.2 Å². The van der Waals surface area contributed by atoms with Gasteiger partial charge in [0, 0.05) is 22.8 Å². The second-order valence-corrected chi connectivity index (χ2v) is 5.12. The average molecular weight is 356 g/mol. The molecule has 1 aromatic heterocycles. The number of benzene rings is 1. The Labute approximate surface area is 127 Å². The third-order valence-corrected chi connectivity index (χ3v) is 3.41. The van der Waals surface area contributed by atoms with Gasteiger partial charge < -0.3 is 15.4 Å². The topological polar surface area (TPSA) is 95.1 Å². The summed E-state index contributed by atoms with van der Waals surface area (Å²) in [6.45, 7) is 0. The molecule has 8 heteroatoms. The first kappa shape index (κ1) is 15.2. The summed E-state index contributed by atoms with van der Waals surface area (Å²) in [7, 11) is 0. The summed E-state index contributed by atoms with van der Waals surface area (Å²) < 4.78 is 13.2. The number of amides is 1. The van der Waals surface area contributed by atoms with Crippen LogP contribution < -0.4 is 5.32 Å². The van der Waals surface area contributed by atoms with Gasteiger partial charge in [0.25, 0.3) is 5.91 Å². The number of H-pyrrole nitrogens is 1. The highest BCUT2D eigenvalue weighted by Gasteiger charge is 2.22. The Kier molecular flexibility index (Phi) is 4.69. The van der Waals surface area contributed by atoms with Gasteiger partial charge in [-0.05, 0) is 34.1 Å². The van der Waals surface area contributed by atoms with Gasteiger partial charge >= 0.3 is 5.97 Å². The van der Waals surface area contributed by atoms with Crippen molar-refractivity contribution < 1.29 is 19.1 Å². The van der Waals surface area contributed by atoms with Gasteiger partial charge in [-0.3, -0.25) is 4.79 Å². The maximum absolute atomic E-state index is 13.0. The van der Waals surface area contributed by atoms with Crippen LogP contribution in [0.5, 0.6) is 0 Å². The van der Waals surface area contributed by atoms with Crippen LogP contribution in [0.3, 0.4) is 0 Å². The predicted octanol–water partition coefficient (Wildman–Crippen LogP) is 1.74. The van der Waals surface area contributed by atoms with Crippen LogP contribution in [0.1, 0.15) is 16.1 Å². The molecule has 0 bridgehead atoms. The van der Waals surface area contributed by atoms with Crippen LogP contribution in [0.15, 0.2) is 35.2 Å². The molecule has 1 amide bonds. The lowest BCUT2D eigenvalue weighted by atomic mass is 10.1. The van der Waals surface area contributed by atoms with Crippen LogP contribution in [0.4, 0.5) is 4.39 Å². The Morgan fingerprint density at radius 1 is 1.48 bits per heavy atom. The van der Waals surface area contributed by atoms with Crippen LogP contribution in [0.25, 0.3) is 0 Å². The lowest BCUT2D eigenvalue weighted by Gasteiger charge is -2.14. The highest BCUT2D eigenvalue weighted by atomic mass is 79.9. The molecule has 3 N–H and O–H groups in total. The maximum atomic E-state index is 13.0. The van der Waals surface area contributed by atoms with Crippen molar-refractivity contribution in [3.05, 3.63) is 52.3 Å². The van der Waals surface area contributed by atoms with E-state index in [0.29, 0.717) is 5.69 Å². The molecule has 1 aromatic carbocycles. The van der Waals surface area contributed by atoms with E-state index in [1.807, 2.05) is 0 Å². The number of carbonyl (C=O) groups is 2. The third kappa shape index (κ3) is 3.88. The number of carbonyl (C=O) groups excluding carboxylic acids is 1. The van der Waals surface area contributed by atoms with Gasteiger partial charge in [0.2, 0.25) is 0 Å². The van der Waals surface area contributed by atoms with Gasteiger partial charge in [-0.1, -0.05) is 0 Å². The number of halogens is 2. The van der Waals surface area contributed by atoms with Crippen molar-refractivity contribution in [1.82, 2.24) is 15.3 Å². The van der Waals surface area contributed by atoms with Gasteiger partial charge in [0.1, 0.15) is 11.9 Å². The summed E-state index contributed by atoms with van der Waals surface area (Å²) in [5.41, 5.74) is 0.744. The molecule has 1 atom stereocenters. The Morgan fingerprint density at radius 3 is 2.81 bits per heavy atom. The van der Waals surface area contributed by atoms with Crippen molar-refractivity contribution in [2.45, 2.75) is 12.5 Å². The smallest absolute Gasteiger partial charge is 0.326 e. The van der Waals surface area contributed by atoms with Crippen LogP contribution >= 0.6 is 15.9 Å². The summed E-state index contributed by atoms with van der Waals surface area (Å²) >= 11 is 3.07. The number of nitrogens with zero attached hydrogens (tertiary/aromatic N) is 1. The van der Waals surface area contributed by atoms with E-state index in [1.54, 1.807) is 0 Å². The Morgan fingerprint density at radius 2 is 2.24 bits per heavy atom. The predicted molar refractivity (Wildman–Crippen MR) is 75.3 cm³/mol. The van der Waals surface area contributed by atoms with Crippen molar-refractivity contribution in [1.29, 1.82) is 0 Å². The van der Waals surface area contributed by atoms with Crippen molar-refractivity contribution in [3.8, 4) is 0 Å². The lowest BCUT2D eigenvalue weighted by Crippen LogP contribution is -2.42. The number of imidazole rings is 1. The highest BCUT2D eigenvalue weighted by molar-refractivity contribution is 9.10. The molecule has 1 heterocycles. The zero-order valence-electron chi connectivity index (χ0n) is 10.6. The average Bonchev–Trinajstić information content (AvgIpc) is 2.90. The molecule has 1 unspecified atom stereocenters. The monoisotopic (exact) mass is 355 g/mol. The fourth-order valence-electron chi connectivity index (χ4n) is 1.73. The first-order valence-corrected chi connectivity index (χ1v) is 6.72. The van der Waals surface area contributed by atoms with Crippen molar-refractivity contribution in [2.75, 3.05) is 0 Å². The summed E-state index contributed by atoms with van der Waals surface area (Å²) in [4.78, 5) is 29.8. The van der Waals surface area contributed by atoms with Gasteiger partial charge in [-0.2, -0.15) is 0 Å². The molecule has 0 aliphatic heterocycles. The minimum Gasteiger partial charge on any atom is -0.480 e. The normalized spacial score (nSPS) is 11.9. The first-order chi connectivity index (χ1) is 9.97. The highest BCUT2D eigenvalue weighted by Crippen LogP contribution is 2.18. The Hall–Kier alpha value is -2.22. The number of nitrogens with one attached hydrogen (secondary N) is 2. The van der Waals surface area contributed by atoms with Crippen LogP contribution in [-0.4, -0.2) is 33.0 Å². The Balaban J connectivity index is 2.12. The van der Waals surface area contributed by atoms with E-state index in [0.717, 1.165) is 12.1 Å². The number of rotatable bonds is 5. The standard InChI is InChI=1S/C13H11BrFN3O3/c14-10-3-7(15)1-2-9(10)12(19)18-11(13(20)21)4-8-5-16-6-17-8/h1-3,5-6,11H,4H2,(H,16,17)(H,18,19)(H,20,21). The van der Waals surface area contributed by atoms with E-state index in [4.69, 9.17) is 5.11 Å². The molecular weight excluding hydrogens is 345 g/mol. The molecule has 0 aliphatic rings. The van der Waals surface area contributed by atoms with Crippen LogP contribution in [0.2, 0.25) is 0 Å². The summed E-state index contributed by atoms with van der Waals surface area (Å²) in [6, 6.07) is 2.43. The zero-order valence-corrected chi connectivity index (χ0v) is 12.2. The number of carboxylic acids is 1. The molecule has 2 rings (SSSR count). The summed E-state index contributed by atoms with van der Waals surface area (Å²) in [6.07, 6.45) is 2.97. The molecule has 0 fully saturated rings. The van der Waals surface area contributed by atoms with E-state index in [-0.39, 0.29) is 16.5 Å². The van der Waals surface area contributed by atoms with Gasteiger partial charge in [0.15, 0.2) is 0 Å². The second kappa shape index (κ2) is 6.49. The Bertz CT molecular complexity index is 661. The fraction of sp³-hybridized carbons (Fsp3) is 0.154. The van der Waals surface area contributed by atoms with Crippen molar-refractivity contribution >= 4 is 27.8 Å². The number of hydrogen-bond donors (Lipinski definition) is 3. The quantitative estimate of drug-likeness (QED) is 0.761. The molecule has 0 saturated heterocycles. The molecule has 0 spiro atoms.